The molecule has 0 aromatic heterocycles. The number of amides is 1. The summed E-state index contributed by atoms with van der Waals surface area (Å²) < 4.78 is 38.6. The van der Waals surface area contributed by atoms with Gasteiger partial charge in [0.2, 0.25) is 5.91 Å². The van der Waals surface area contributed by atoms with Crippen molar-refractivity contribution in [3.63, 3.8) is 0 Å². The van der Waals surface area contributed by atoms with E-state index in [0.29, 0.717) is 0 Å². The first-order valence-electron chi connectivity index (χ1n) is 6.32. The summed E-state index contributed by atoms with van der Waals surface area (Å²) in [6.07, 6.45) is -4.44. The van der Waals surface area contributed by atoms with Crippen molar-refractivity contribution in [1.82, 2.24) is 0 Å². The molecule has 2 N–H and O–H groups in total. The van der Waals surface area contributed by atoms with Crippen LogP contribution in [-0.2, 0) is 11.0 Å². The van der Waals surface area contributed by atoms with E-state index in [1.807, 2.05) is 12.1 Å². The molecule has 0 aliphatic rings. The van der Waals surface area contributed by atoms with Crippen molar-refractivity contribution in [2.24, 2.45) is 0 Å². The third-order valence-corrected chi connectivity index (χ3v) is 3.48. The molecular weight excluding hydrogens is 361 g/mol. The zero-order chi connectivity index (χ0) is 16.2. The van der Waals surface area contributed by atoms with E-state index >= 15 is 0 Å². The molecule has 0 aliphatic heterocycles. The number of para-hydroxylation sites is 1. The highest BCUT2D eigenvalue weighted by Crippen LogP contribution is 2.30. The van der Waals surface area contributed by atoms with Crippen LogP contribution in [0.2, 0.25) is 0 Å². The molecule has 7 heteroatoms. The van der Waals surface area contributed by atoms with Crippen LogP contribution in [0.4, 0.5) is 24.5 Å². The maximum atomic E-state index is 12.6. The normalized spacial score (nSPS) is 11.1. The average Bonchev–Trinajstić information content (AvgIpc) is 2.46. The lowest BCUT2D eigenvalue weighted by Crippen LogP contribution is -2.22. The van der Waals surface area contributed by atoms with Gasteiger partial charge in [0, 0.05) is 15.8 Å². The maximum Gasteiger partial charge on any atom is 0.416 e. The molecule has 116 valence electrons. The number of carbonyl (C=O) groups is 1. The Bertz CT molecular complexity index is 674. The molecule has 0 atom stereocenters. The third kappa shape index (κ3) is 4.49. The number of hydrogen-bond acceptors (Lipinski definition) is 2. The van der Waals surface area contributed by atoms with Crippen LogP contribution < -0.4 is 10.6 Å². The second-order valence-electron chi connectivity index (χ2n) is 4.46. The fraction of sp³-hybridized carbons (Fsp3) is 0.133. The van der Waals surface area contributed by atoms with Gasteiger partial charge in [-0.2, -0.15) is 13.2 Å². The summed E-state index contributed by atoms with van der Waals surface area (Å²) in [6.45, 7) is -0.0567. The quantitative estimate of drug-likeness (QED) is 0.828. The number of rotatable bonds is 4. The van der Waals surface area contributed by atoms with Gasteiger partial charge in [-0.15, -0.1) is 0 Å². The summed E-state index contributed by atoms with van der Waals surface area (Å²) in [6, 6.07) is 11.7. The summed E-state index contributed by atoms with van der Waals surface area (Å²) in [5.41, 5.74) is 0.0273. The molecule has 2 aromatic rings. The first kappa shape index (κ1) is 16.4. The van der Waals surface area contributed by atoms with Gasteiger partial charge in [0.25, 0.3) is 0 Å². The maximum absolute atomic E-state index is 12.6. The summed E-state index contributed by atoms with van der Waals surface area (Å²) in [7, 11) is 0. The van der Waals surface area contributed by atoms with E-state index in [-0.39, 0.29) is 12.2 Å². The molecule has 0 aliphatic carbocycles. The molecule has 22 heavy (non-hydrogen) atoms. The van der Waals surface area contributed by atoms with Crippen LogP contribution in [0.1, 0.15) is 5.56 Å². The summed E-state index contributed by atoms with van der Waals surface area (Å²) in [5.74, 6) is -0.435. The number of carbonyl (C=O) groups excluding carboxylic acids is 1. The Morgan fingerprint density at radius 2 is 1.82 bits per heavy atom. The fourth-order valence-electron chi connectivity index (χ4n) is 1.76. The van der Waals surface area contributed by atoms with Crippen molar-refractivity contribution in [3.8, 4) is 0 Å². The Kier molecular flexibility index (Phi) is 5.07. The van der Waals surface area contributed by atoms with Crippen LogP contribution in [0, 0.1) is 0 Å². The predicted molar refractivity (Wildman–Crippen MR) is 82.7 cm³/mol. The molecule has 0 radical (unpaired) electrons. The molecular formula is C15H12BrF3N2O. The summed E-state index contributed by atoms with van der Waals surface area (Å²) in [4.78, 5) is 11.8. The lowest BCUT2D eigenvalue weighted by Gasteiger charge is -2.11. The smallest absolute Gasteiger partial charge is 0.375 e. The number of anilines is 2. The minimum Gasteiger partial charge on any atom is -0.375 e. The highest BCUT2D eigenvalue weighted by molar-refractivity contribution is 9.10. The van der Waals surface area contributed by atoms with Crippen LogP contribution in [0.15, 0.2) is 53.0 Å². The van der Waals surface area contributed by atoms with Gasteiger partial charge in [0.15, 0.2) is 0 Å². The van der Waals surface area contributed by atoms with Crippen LogP contribution in [-0.4, -0.2) is 12.5 Å². The van der Waals surface area contributed by atoms with Crippen molar-refractivity contribution in [1.29, 1.82) is 0 Å². The molecule has 3 nitrogen and oxygen atoms in total. The highest BCUT2D eigenvalue weighted by atomic mass is 79.9. The Balaban J connectivity index is 1.97. The first-order valence-corrected chi connectivity index (χ1v) is 7.11. The molecule has 0 saturated carbocycles. The molecule has 0 unspecified atom stereocenters. The van der Waals surface area contributed by atoms with Crippen LogP contribution in [0.5, 0.6) is 0 Å². The zero-order valence-electron chi connectivity index (χ0n) is 11.2. The van der Waals surface area contributed by atoms with Gasteiger partial charge in [-0.25, -0.2) is 0 Å². The monoisotopic (exact) mass is 372 g/mol. The van der Waals surface area contributed by atoms with Gasteiger partial charge in [-0.1, -0.05) is 18.2 Å². The minimum absolute atomic E-state index is 0.0567. The predicted octanol–water partition coefficient (Wildman–Crippen LogP) is 4.52. The Hall–Kier alpha value is -2.02. The number of benzene rings is 2. The summed E-state index contributed by atoms with van der Waals surface area (Å²) >= 11 is 3.33. The number of halogens is 4. The van der Waals surface area contributed by atoms with E-state index < -0.39 is 17.6 Å². The van der Waals surface area contributed by atoms with Gasteiger partial charge in [0.1, 0.15) is 0 Å². The van der Waals surface area contributed by atoms with Crippen molar-refractivity contribution >= 4 is 33.2 Å². The lowest BCUT2D eigenvalue weighted by molar-refractivity contribution is -0.137. The SMILES string of the molecule is O=C(CNc1ccccc1Br)Nc1cccc(C(F)(F)F)c1. The zero-order valence-corrected chi connectivity index (χ0v) is 12.8. The van der Waals surface area contributed by atoms with Gasteiger partial charge in [-0.05, 0) is 46.3 Å². The van der Waals surface area contributed by atoms with Crippen LogP contribution in [0.3, 0.4) is 0 Å². The van der Waals surface area contributed by atoms with E-state index in [1.54, 1.807) is 12.1 Å². The largest absolute Gasteiger partial charge is 0.416 e. The first-order chi connectivity index (χ1) is 10.4. The third-order valence-electron chi connectivity index (χ3n) is 2.79. The fourth-order valence-corrected chi connectivity index (χ4v) is 2.18. The Labute approximate surface area is 133 Å². The summed E-state index contributed by atoms with van der Waals surface area (Å²) in [5, 5.41) is 5.32. The van der Waals surface area contributed by atoms with E-state index in [1.165, 1.54) is 12.1 Å². The van der Waals surface area contributed by atoms with E-state index in [4.69, 9.17) is 0 Å². The van der Waals surface area contributed by atoms with Crippen molar-refractivity contribution in [3.05, 3.63) is 58.6 Å². The topological polar surface area (TPSA) is 41.1 Å². The Morgan fingerprint density at radius 3 is 2.50 bits per heavy atom. The standard InChI is InChI=1S/C15H12BrF3N2O/c16-12-6-1-2-7-13(12)20-9-14(22)21-11-5-3-4-10(8-11)15(17,18)19/h1-8,20H,9H2,(H,21,22). The molecule has 0 fully saturated rings. The van der Waals surface area contributed by atoms with Crippen LogP contribution >= 0.6 is 15.9 Å². The average molecular weight is 373 g/mol. The van der Waals surface area contributed by atoms with Crippen molar-refractivity contribution in [2.75, 3.05) is 17.2 Å². The lowest BCUT2D eigenvalue weighted by atomic mass is 10.2. The van der Waals surface area contributed by atoms with Gasteiger partial charge >= 0.3 is 6.18 Å². The molecule has 1 amide bonds. The highest BCUT2D eigenvalue weighted by Gasteiger charge is 2.30. The van der Waals surface area contributed by atoms with E-state index in [9.17, 15) is 18.0 Å². The second kappa shape index (κ2) is 6.83. The molecule has 0 saturated heterocycles. The molecule has 2 aromatic carbocycles. The van der Waals surface area contributed by atoms with Crippen molar-refractivity contribution < 1.29 is 18.0 Å². The van der Waals surface area contributed by atoms with Crippen molar-refractivity contribution in [2.45, 2.75) is 6.18 Å². The van der Waals surface area contributed by atoms with Crippen LogP contribution in [0.25, 0.3) is 0 Å². The number of nitrogens with one attached hydrogen (secondary N) is 2. The van der Waals surface area contributed by atoms with Gasteiger partial charge in [-0.3, -0.25) is 4.79 Å². The van der Waals surface area contributed by atoms with Gasteiger partial charge < -0.3 is 10.6 Å². The molecule has 0 spiro atoms. The Morgan fingerprint density at radius 1 is 1.09 bits per heavy atom. The van der Waals surface area contributed by atoms with E-state index in [2.05, 4.69) is 26.6 Å². The number of hydrogen-bond donors (Lipinski definition) is 2. The minimum atomic E-state index is -4.44. The number of alkyl halides is 3. The molecule has 0 bridgehead atoms. The second-order valence-corrected chi connectivity index (χ2v) is 5.31. The molecule has 0 heterocycles. The van der Waals surface area contributed by atoms with Gasteiger partial charge in [0.05, 0.1) is 12.1 Å². The van der Waals surface area contributed by atoms with E-state index in [0.717, 1.165) is 22.3 Å². The molecule has 2 rings (SSSR count).